The highest BCUT2D eigenvalue weighted by Gasteiger charge is 2.15. The number of thiocarbonyl (C=S) groups is 1. The second-order valence-corrected chi connectivity index (χ2v) is 2.60. The van der Waals surface area contributed by atoms with Crippen molar-refractivity contribution < 1.29 is 4.74 Å². The molecular formula is C9H11NOS. The van der Waals surface area contributed by atoms with Crippen molar-refractivity contribution in [3.63, 3.8) is 0 Å². The summed E-state index contributed by atoms with van der Waals surface area (Å²) in [6, 6.07) is 0.0451. The fourth-order valence-corrected chi connectivity index (χ4v) is 1.14. The van der Waals surface area contributed by atoms with E-state index in [1.54, 1.807) is 12.3 Å². The molecule has 2 unspecified atom stereocenters. The van der Waals surface area contributed by atoms with Gasteiger partial charge in [0.1, 0.15) is 6.10 Å². The van der Waals surface area contributed by atoms with Crippen LogP contribution < -0.4 is 5.32 Å². The van der Waals surface area contributed by atoms with Gasteiger partial charge in [-0.3, -0.25) is 0 Å². The molecule has 2 nitrogen and oxygen atoms in total. The second kappa shape index (κ2) is 4.72. The summed E-state index contributed by atoms with van der Waals surface area (Å²) in [5, 5.41) is 2.96. The van der Waals surface area contributed by atoms with Crippen molar-refractivity contribution in [1.82, 2.24) is 5.32 Å². The summed E-state index contributed by atoms with van der Waals surface area (Å²) in [4.78, 5) is 0. The molecule has 64 valence electrons. The Hall–Kier alpha value is -1.09. The maximum Gasteiger partial charge on any atom is 0.140 e. The van der Waals surface area contributed by atoms with Gasteiger partial charge in [-0.15, -0.1) is 6.58 Å². The van der Waals surface area contributed by atoms with Crippen LogP contribution in [-0.2, 0) is 4.74 Å². The van der Waals surface area contributed by atoms with Crippen LogP contribution in [0.2, 0.25) is 0 Å². The Morgan fingerprint density at radius 3 is 2.92 bits per heavy atom. The average Bonchev–Trinajstić information content (AvgIpc) is 2.15. The maximum atomic E-state index is 5.32. The molecule has 0 aromatic carbocycles. The molecule has 12 heavy (non-hydrogen) atoms. The topological polar surface area (TPSA) is 21.3 Å². The molecule has 0 fully saturated rings. The van der Waals surface area contributed by atoms with Crippen LogP contribution in [0.1, 0.15) is 0 Å². The molecule has 0 bridgehead atoms. The molecule has 0 saturated heterocycles. The third kappa shape index (κ3) is 2.20. The van der Waals surface area contributed by atoms with E-state index in [-0.39, 0.29) is 12.1 Å². The summed E-state index contributed by atoms with van der Waals surface area (Å²) in [5.74, 6) is 0. The van der Waals surface area contributed by atoms with Gasteiger partial charge in [0.15, 0.2) is 0 Å². The third-order valence-corrected chi connectivity index (χ3v) is 1.73. The van der Waals surface area contributed by atoms with E-state index in [1.807, 2.05) is 18.2 Å². The van der Waals surface area contributed by atoms with E-state index in [9.17, 15) is 0 Å². The molecule has 0 aromatic rings. The van der Waals surface area contributed by atoms with Gasteiger partial charge in [0, 0.05) is 0 Å². The predicted octanol–water partition coefficient (Wildman–Crippen LogP) is 1.56. The minimum Gasteiger partial charge on any atom is -0.491 e. The first-order valence-electron chi connectivity index (χ1n) is 3.69. The maximum absolute atomic E-state index is 5.32. The summed E-state index contributed by atoms with van der Waals surface area (Å²) < 4.78 is 5.32. The number of allylic oxidation sites excluding steroid dienone is 2. The Kier molecular flexibility index (Phi) is 3.54. The Labute approximate surface area is 77.6 Å². The van der Waals surface area contributed by atoms with Crippen LogP contribution in [0.25, 0.3) is 0 Å². The molecule has 0 aliphatic carbocycles. The van der Waals surface area contributed by atoms with Crippen LogP contribution in [0.4, 0.5) is 0 Å². The van der Waals surface area contributed by atoms with E-state index < -0.39 is 0 Å². The highest BCUT2D eigenvalue weighted by atomic mass is 32.1. The van der Waals surface area contributed by atoms with Crippen LogP contribution in [0, 0.1) is 0 Å². The fourth-order valence-electron chi connectivity index (χ4n) is 0.980. The van der Waals surface area contributed by atoms with Gasteiger partial charge in [-0.05, 0) is 12.2 Å². The summed E-state index contributed by atoms with van der Waals surface area (Å²) in [7, 11) is 0. The van der Waals surface area contributed by atoms with E-state index in [1.165, 1.54) is 5.49 Å². The molecule has 0 aromatic heterocycles. The van der Waals surface area contributed by atoms with E-state index in [0.29, 0.717) is 0 Å². The summed E-state index contributed by atoms with van der Waals surface area (Å²) >= 11 is 4.68. The van der Waals surface area contributed by atoms with Crippen molar-refractivity contribution in [2.75, 3.05) is 0 Å². The van der Waals surface area contributed by atoms with Crippen LogP contribution in [-0.4, -0.2) is 17.6 Å². The molecule has 1 heterocycles. The number of nitrogens with one attached hydrogen (secondary N) is 1. The van der Waals surface area contributed by atoms with Crippen molar-refractivity contribution in [3.05, 3.63) is 37.1 Å². The zero-order valence-corrected chi connectivity index (χ0v) is 7.46. The third-order valence-electron chi connectivity index (χ3n) is 1.59. The minimum atomic E-state index is -0.00769. The van der Waals surface area contributed by atoms with Crippen LogP contribution in [0.3, 0.4) is 0 Å². The summed E-state index contributed by atoms with van der Waals surface area (Å²) in [6.45, 7) is 3.69. The first kappa shape index (κ1) is 9.00. The van der Waals surface area contributed by atoms with Gasteiger partial charge in [-0.1, -0.05) is 24.4 Å². The monoisotopic (exact) mass is 181 g/mol. The molecule has 1 aliphatic heterocycles. The largest absolute Gasteiger partial charge is 0.491 e. The lowest BCUT2D eigenvalue weighted by Gasteiger charge is -2.22. The molecule has 0 saturated carbocycles. The molecule has 2 atom stereocenters. The molecule has 1 N–H and O–H groups in total. The zero-order chi connectivity index (χ0) is 8.81. The van der Waals surface area contributed by atoms with E-state index >= 15 is 0 Å². The van der Waals surface area contributed by atoms with Crippen LogP contribution >= 0.6 is 12.2 Å². The normalized spacial score (nSPS) is 22.5. The summed E-state index contributed by atoms with van der Waals surface area (Å²) in [5.41, 5.74) is 1.47. The fraction of sp³-hybridized carbons (Fsp3) is 0.222. The lowest BCUT2D eigenvalue weighted by Crippen LogP contribution is -2.37. The smallest absolute Gasteiger partial charge is 0.140 e. The Morgan fingerprint density at radius 2 is 2.42 bits per heavy atom. The molecule has 1 aliphatic rings. The highest BCUT2D eigenvalue weighted by molar-refractivity contribution is 7.78. The molecule has 0 spiro atoms. The van der Waals surface area contributed by atoms with Crippen LogP contribution in [0.5, 0.6) is 0 Å². The van der Waals surface area contributed by atoms with Gasteiger partial charge in [0.05, 0.1) is 17.8 Å². The van der Waals surface area contributed by atoms with E-state index in [4.69, 9.17) is 4.74 Å². The number of hydrogen-bond donors (Lipinski definition) is 1. The molecule has 0 amide bonds. The molecule has 3 heteroatoms. The van der Waals surface area contributed by atoms with Crippen molar-refractivity contribution in [2.45, 2.75) is 12.1 Å². The highest BCUT2D eigenvalue weighted by Crippen LogP contribution is 2.07. The van der Waals surface area contributed by atoms with Crippen LogP contribution in [0.15, 0.2) is 37.1 Å². The van der Waals surface area contributed by atoms with E-state index in [2.05, 4.69) is 24.1 Å². The van der Waals surface area contributed by atoms with Gasteiger partial charge in [-0.2, -0.15) is 0 Å². The Morgan fingerprint density at radius 1 is 1.58 bits per heavy atom. The number of rotatable bonds is 4. The Balaban J connectivity index is 2.53. The van der Waals surface area contributed by atoms with Gasteiger partial charge in [-0.25, -0.2) is 0 Å². The predicted molar refractivity (Wildman–Crippen MR) is 53.9 cm³/mol. The van der Waals surface area contributed by atoms with Gasteiger partial charge in [0.2, 0.25) is 0 Å². The minimum absolute atomic E-state index is 0.00769. The summed E-state index contributed by atoms with van der Waals surface area (Å²) in [6.07, 6.45) is 9.16. The van der Waals surface area contributed by atoms with E-state index in [0.717, 1.165) is 0 Å². The molecule has 1 rings (SSSR count). The van der Waals surface area contributed by atoms with Gasteiger partial charge in [0.25, 0.3) is 0 Å². The first-order chi connectivity index (χ1) is 5.88. The number of ether oxygens (including phenoxy) is 1. The standard InChI is InChI=1S/C9H11NOS/c1-2-8(10-7-12)9-5-3-4-6-11-9/h2-9H,1H2,(H,10,12). The molecular weight excluding hydrogens is 170 g/mol. The van der Waals surface area contributed by atoms with Crippen molar-refractivity contribution in [2.24, 2.45) is 0 Å². The lowest BCUT2D eigenvalue weighted by atomic mass is 10.1. The van der Waals surface area contributed by atoms with Gasteiger partial charge < -0.3 is 10.1 Å². The van der Waals surface area contributed by atoms with Gasteiger partial charge >= 0.3 is 0 Å². The quantitative estimate of drug-likeness (QED) is 0.525. The lowest BCUT2D eigenvalue weighted by molar-refractivity contribution is 0.165. The first-order valence-corrected chi connectivity index (χ1v) is 4.16. The molecule has 0 radical (unpaired) electrons. The average molecular weight is 181 g/mol. The van der Waals surface area contributed by atoms with Crippen molar-refractivity contribution in [3.8, 4) is 0 Å². The van der Waals surface area contributed by atoms with Crippen molar-refractivity contribution in [1.29, 1.82) is 0 Å². The second-order valence-electron chi connectivity index (χ2n) is 2.36. The Bertz CT molecular complexity index is 221. The number of hydrogen-bond acceptors (Lipinski definition) is 2. The SMILES string of the molecule is C=CC(NC=S)C1C=CC=CO1. The van der Waals surface area contributed by atoms with Crippen molar-refractivity contribution >= 4 is 17.7 Å². The zero-order valence-electron chi connectivity index (χ0n) is 6.64.